The van der Waals surface area contributed by atoms with Crippen LogP contribution in [0.15, 0.2) is 30.3 Å². The number of hydrogen-bond donors (Lipinski definition) is 4. The van der Waals surface area contributed by atoms with Gasteiger partial charge in [-0.1, -0.05) is 30.3 Å². The van der Waals surface area contributed by atoms with Crippen LogP contribution in [0.5, 0.6) is 0 Å². The zero-order chi connectivity index (χ0) is 15.2. The van der Waals surface area contributed by atoms with Gasteiger partial charge in [0.1, 0.15) is 24.4 Å². The molecule has 0 amide bonds. The van der Waals surface area contributed by atoms with Crippen molar-refractivity contribution in [3.8, 4) is 0 Å². The number of aliphatic hydroxyl groups is 4. The van der Waals surface area contributed by atoms with Gasteiger partial charge in [0.25, 0.3) is 0 Å². The van der Waals surface area contributed by atoms with E-state index in [0.29, 0.717) is 6.61 Å². The van der Waals surface area contributed by atoms with Crippen LogP contribution in [0.25, 0.3) is 0 Å². The van der Waals surface area contributed by atoms with E-state index in [4.69, 9.17) is 14.6 Å². The first-order valence-corrected chi connectivity index (χ1v) is 7.09. The van der Waals surface area contributed by atoms with Crippen molar-refractivity contribution in [2.45, 2.75) is 43.5 Å². The van der Waals surface area contributed by atoms with Gasteiger partial charge >= 0.3 is 0 Å². The smallest absolute Gasteiger partial charge is 0.186 e. The van der Waals surface area contributed by atoms with Gasteiger partial charge in [0.2, 0.25) is 0 Å². The number of rotatable bonds is 7. The van der Waals surface area contributed by atoms with Gasteiger partial charge in [-0.05, 0) is 18.4 Å². The van der Waals surface area contributed by atoms with E-state index in [9.17, 15) is 15.3 Å². The third-order valence-corrected chi connectivity index (χ3v) is 3.56. The van der Waals surface area contributed by atoms with Crippen LogP contribution in [0.1, 0.15) is 12.0 Å². The van der Waals surface area contributed by atoms with Crippen LogP contribution < -0.4 is 0 Å². The molecule has 6 nitrogen and oxygen atoms in total. The molecule has 1 saturated heterocycles. The highest BCUT2D eigenvalue weighted by Gasteiger charge is 2.46. The zero-order valence-corrected chi connectivity index (χ0v) is 11.7. The molecule has 0 bridgehead atoms. The Hall–Kier alpha value is -1.02. The molecule has 5 atom stereocenters. The summed E-state index contributed by atoms with van der Waals surface area (Å²) in [6.45, 7) is -0.180. The minimum Gasteiger partial charge on any atom is -0.394 e. The molecule has 1 aromatic carbocycles. The van der Waals surface area contributed by atoms with Crippen molar-refractivity contribution in [2.75, 3.05) is 13.2 Å². The lowest BCUT2D eigenvalue weighted by Crippen LogP contribution is -2.40. The van der Waals surface area contributed by atoms with Crippen molar-refractivity contribution in [1.82, 2.24) is 0 Å². The Morgan fingerprint density at radius 3 is 2.52 bits per heavy atom. The van der Waals surface area contributed by atoms with Crippen LogP contribution >= 0.6 is 0 Å². The Morgan fingerprint density at radius 2 is 1.86 bits per heavy atom. The third-order valence-electron chi connectivity index (χ3n) is 3.56. The Kier molecular flexibility index (Phi) is 6.10. The Balaban J connectivity index is 1.73. The van der Waals surface area contributed by atoms with Gasteiger partial charge in [-0.2, -0.15) is 0 Å². The van der Waals surface area contributed by atoms with E-state index >= 15 is 0 Å². The SMILES string of the molecule is OC[C@@H](O)[C@H]1O[C@H](OCCCc2ccccc2)[C@H](O)[C@H]1O. The van der Waals surface area contributed by atoms with Gasteiger partial charge in [0.05, 0.1) is 13.2 Å². The van der Waals surface area contributed by atoms with Gasteiger partial charge in [0.15, 0.2) is 6.29 Å². The summed E-state index contributed by atoms with van der Waals surface area (Å²) < 4.78 is 10.7. The summed E-state index contributed by atoms with van der Waals surface area (Å²) in [5, 5.41) is 37.9. The second-order valence-corrected chi connectivity index (χ2v) is 5.16. The van der Waals surface area contributed by atoms with Crippen molar-refractivity contribution < 1.29 is 29.9 Å². The fourth-order valence-electron chi connectivity index (χ4n) is 2.35. The quantitative estimate of drug-likeness (QED) is 0.503. The maximum atomic E-state index is 9.80. The summed E-state index contributed by atoms with van der Waals surface area (Å²) >= 11 is 0. The van der Waals surface area contributed by atoms with Crippen LogP contribution in [0, 0.1) is 0 Å². The average molecular weight is 298 g/mol. The molecule has 0 spiro atoms. The van der Waals surface area contributed by atoms with E-state index in [1.807, 2.05) is 30.3 Å². The van der Waals surface area contributed by atoms with Gasteiger partial charge in [-0.15, -0.1) is 0 Å². The van der Waals surface area contributed by atoms with E-state index < -0.39 is 37.3 Å². The standard InChI is InChI=1S/C15H22O6/c16-9-11(17)14-12(18)13(19)15(21-14)20-8-4-7-10-5-2-1-3-6-10/h1-3,5-6,11-19H,4,7-9H2/t11-,12-,13-,14-,15+/m1/s1. The summed E-state index contributed by atoms with van der Waals surface area (Å²) in [4.78, 5) is 0. The Bertz CT molecular complexity index is 412. The van der Waals surface area contributed by atoms with Crippen molar-refractivity contribution in [3.63, 3.8) is 0 Å². The summed E-state index contributed by atoms with van der Waals surface area (Å²) in [5.41, 5.74) is 1.20. The number of hydrogen-bond acceptors (Lipinski definition) is 6. The molecule has 21 heavy (non-hydrogen) atoms. The predicted octanol–water partition coefficient (Wildman–Crippen LogP) is -0.564. The number of aliphatic hydroxyl groups excluding tert-OH is 4. The Labute approximate surface area is 123 Å². The largest absolute Gasteiger partial charge is 0.394 e. The van der Waals surface area contributed by atoms with Crippen molar-refractivity contribution >= 4 is 0 Å². The van der Waals surface area contributed by atoms with Gasteiger partial charge in [0, 0.05) is 0 Å². The topological polar surface area (TPSA) is 99.4 Å². The van der Waals surface area contributed by atoms with Crippen LogP contribution in [0.4, 0.5) is 0 Å². The third kappa shape index (κ3) is 4.23. The minimum absolute atomic E-state index is 0.366. The molecular formula is C15H22O6. The van der Waals surface area contributed by atoms with Crippen LogP contribution in [-0.4, -0.2) is 64.3 Å². The molecule has 0 unspecified atom stereocenters. The molecule has 0 radical (unpaired) electrons. The lowest BCUT2D eigenvalue weighted by Gasteiger charge is -2.18. The first-order chi connectivity index (χ1) is 10.1. The molecule has 0 saturated carbocycles. The predicted molar refractivity (Wildman–Crippen MR) is 74.5 cm³/mol. The zero-order valence-electron chi connectivity index (χ0n) is 11.7. The fraction of sp³-hybridized carbons (Fsp3) is 0.600. The highest BCUT2D eigenvalue weighted by atomic mass is 16.7. The number of ether oxygens (including phenoxy) is 2. The highest BCUT2D eigenvalue weighted by molar-refractivity contribution is 5.14. The molecule has 1 heterocycles. The summed E-state index contributed by atoms with van der Waals surface area (Å²) in [5.74, 6) is 0. The van der Waals surface area contributed by atoms with Crippen molar-refractivity contribution in [3.05, 3.63) is 35.9 Å². The van der Waals surface area contributed by atoms with E-state index in [2.05, 4.69) is 0 Å². The second kappa shape index (κ2) is 7.84. The molecule has 6 heteroatoms. The molecule has 1 aromatic rings. The molecule has 2 rings (SSSR count). The molecule has 0 aliphatic carbocycles. The monoisotopic (exact) mass is 298 g/mol. The van der Waals surface area contributed by atoms with E-state index in [-0.39, 0.29) is 0 Å². The first kappa shape index (κ1) is 16.4. The molecule has 1 aliphatic rings. The summed E-state index contributed by atoms with van der Waals surface area (Å²) in [6.07, 6.45) is -4.17. The summed E-state index contributed by atoms with van der Waals surface area (Å²) in [7, 11) is 0. The minimum atomic E-state index is -1.27. The lowest BCUT2D eigenvalue weighted by molar-refractivity contribution is -0.180. The molecule has 118 valence electrons. The maximum Gasteiger partial charge on any atom is 0.186 e. The van der Waals surface area contributed by atoms with Crippen LogP contribution in [-0.2, 0) is 15.9 Å². The summed E-state index contributed by atoms with van der Waals surface area (Å²) in [6, 6.07) is 9.95. The average Bonchev–Trinajstić information content (AvgIpc) is 2.80. The number of aryl methyl sites for hydroxylation is 1. The first-order valence-electron chi connectivity index (χ1n) is 7.09. The van der Waals surface area contributed by atoms with Crippen molar-refractivity contribution in [1.29, 1.82) is 0 Å². The van der Waals surface area contributed by atoms with Crippen LogP contribution in [0.2, 0.25) is 0 Å². The van der Waals surface area contributed by atoms with E-state index in [1.165, 1.54) is 5.56 Å². The molecule has 0 aromatic heterocycles. The fourth-order valence-corrected chi connectivity index (χ4v) is 2.35. The van der Waals surface area contributed by atoms with Gasteiger partial charge < -0.3 is 29.9 Å². The normalized spacial score (nSPS) is 30.5. The molecule has 1 aliphatic heterocycles. The Morgan fingerprint density at radius 1 is 1.14 bits per heavy atom. The van der Waals surface area contributed by atoms with E-state index in [1.54, 1.807) is 0 Å². The number of benzene rings is 1. The van der Waals surface area contributed by atoms with Crippen molar-refractivity contribution in [2.24, 2.45) is 0 Å². The van der Waals surface area contributed by atoms with Crippen LogP contribution in [0.3, 0.4) is 0 Å². The molecular weight excluding hydrogens is 276 g/mol. The van der Waals surface area contributed by atoms with Gasteiger partial charge in [-0.3, -0.25) is 0 Å². The maximum absolute atomic E-state index is 9.80. The molecule has 4 N–H and O–H groups in total. The van der Waals surface area contributed by atoms with Gasteiger partial charge in [-0.25, -0.2) is 0 Å². The second-order valence-electron chi connectivity index (χ2n) is 5.16. The lowest BCUT2D eigenvalue weighted by atomic mass is 10.1. The highest BCUT2D eigenvalue weighted by Crippen LogP contribution is 2.24. The molecule has 1 fully saturated rings. The van der Waals surface area contributed by atoms with E-state index in [0.717, 1.165) is 12.8 Å².